The Morgan fingerprint density at radius 1 is 1.06 bits per heavy atom. The van der Waals surface area contributed by atoms with E-state index in [1.165, 1.54) is 18.1 Å². The summed E-state index contributed by atoms with van der Waals surface area (Å²) >= 11 is 12.2. The summed E-state index contributed by atoms with van der Waals surface area (Å²) in [6.45, 7) is 3.63. The predicted molar refractivity (Wildman–Crippen MR) is 119 cm³/mol. The largest absolute Gasteiger partial charge is 0.465 e. The van der Waals surface area contributed by atoms with Crippen molar-refractivity contribution in [2.24, 2.45) is 0 Å². The molecule has 0 spiro atoms. The second kappa shape index (κ2) is 9.37. The number of anilines is 1. The highest BCUT2D eigenvalue weighted by Crippen LogP contribution is 2.36. The topological polar surface area (TPSA) is 72.9 Å². The van der Waals surface area contributed by atoms with E-state index in [1.54, 1.807) is 56.3 Å². The van der Waals surface area contributed by atoms with Crippen molar-refractivity contribution in [1.82, 2.24) is 0 Å². The maximum absolute atomic E-state index is 13.3. The number of carbonyl (C=O) groups is 3. The van der Waals surface area contributed by atoms with Gasteiger partial charge in [-0.3, -0.25) is 9.69 Å². The zero-order valence-electron chi connectivity index (χ0n) is 17.1. The fourth-order valence-corrected chi connectivity index (χ4v) is 3.69. The Balaban J connectivity index is 2.06. The van der Waals surface area contributed by atoms with Gasteiger partial charge in [-0.1, -0.05) is 29.3 Å². The van der Waals surface area contributed by atoms with Crippen LogP contribution in [0.3, 0.4) is 0 Å². The third-order valence-corrected chi connectivity index (χ3v) is 5.25. The lowest BCUT2D eigenvalue weighted by Gasteiger charge is -2.18. The van der Waals surface area contributed by atoms with Gasteiger partial charge >= 0.3 is 11.9 Å². The van der Waals surface area contributed by atoms with Gasteiger partial charge in [0.05, 0.1) is 30.4 Å². The molecule has 0 N–H and O–H groups in total. The molecule has 0 atom stereocenters. The second-order valence-electron chi connectivity index (χ2n) is 6.58. The summed E-state index contributed by atoms with van der Waals surface area (Å²) in [6.07, 6.45) is 1.53. The molecule has 160 valence electrons. The number of nitrogens with zero attached hydrogens (tertiary/aromatic N) is 1. The minimum atomic E-state index is -0.646. The molecule has 31 heavy (non-hydrogen) atoms. The Morgan fingerprint density at radius 2 is 1.74 bits per heavy atom. The van der Waals surface area contributed by atoms with Crippen LogP contribution in [0, 0.1) is 0 Å². The molecule has 1 heterocycles. The average Bonchev–Trinajstić information content (AvgIpc) is 2.99. The highest BCUT2D eigenvalue weighted by molar-refractivity contribution is 6.36. The first kappa shape index (κ1) is 22.6. The fraction of sp³-hybridized carbons (Fsp3) is 0.174. The molecule has 0 unspecified atom stereocenters. The van der Waals surface area contributed by atoms with Crippen LogP contribution >= 0.6 is 23.2 Å². The van der Waals surface area contributed by atoms with E-state index >= 15 is 0 Å². The highest BCUT2D eigenvalue weighted by atomic mass is 35.5. The molecule has 6 nitrogen and oxygen atoms in total. The van der Waals surface area contributed by atoms with Crippen molar-refractivity contribution in [3.8, 4) is 0 Å². The molecule has 1 aliphatic rings. The van der Waals surface area contributed by atoms with Gasteiger partial charge in [-0.25, -0.2) is 9.59 Å². The van der Waals surface area contributed by atoms with Gasteiger partial charge in [0.25, 0.3) is 5.91 Å². The number of halogens is 2. The normalized spacial score (nSPS) is 14.9. The summed E-state index contributed by atoms with van der Waals surface area (Å²) < 4.78 is 9.88. The molecule has 0 saturated heterocycles. The maximum atomic E-state index is 13.3. The number of carbonyl (C=O) groups excluding carboxylic acids is 3. The Labute approximate surface area is 189 Å². The monoisotopic (exact) mass is 459 g/mol. The third-order valence-electron chi connectivity index (χ3n) is 4.69. The Bertz CT molecular complexity index is 1120. The molecule has 1 aliphatic heterocycles. The number of hydrogen-bond acceptors (Lipinski definition) is 5. The van der Waals surface area contributed by atoms with E-state index in [4.69, 9.17) is 32.7 Å². The summed E-state index contributed by atoms with van der Waals surface area (Å²) in [5.74, 6) is -1.53. The van der Waals surface area contributed by atoms with E-state index in [1.807, 2.05) is 0 Å². The van der Waals surface area contributed by atoms with Crippen molar-refractivity contribution in [2.45, 2.75) is 13.8 Å². The minimum absolute atomic E-state index is 0.132. The van der Waals surface area contributed by atoms with Crippen LogP contribution in [0.15, 0.2) is 59.3 Å². The lowest BCUT2D eigenvalue weighted by molar-refractivity contribution is -0.136. The molecule has 2 aromatic carbocycles. The number of ether oxygens (including phenoxy) is 2. The first-order chi connectivity index (χ1) is 14.8. The first-order valence-electron chi connectivity index (χ1n) is 9.36. The zero-order valence-corrected chi connectivity index (χ0v) is 18.6. The number of hydrogen-bond donors (Lipinski definition) is 0. The van der Waals surface area contributed by atoms with Gasteiger partial charge in [-0.05, 0) is 61.9 Å². The lowest BCUT2D eigenvalue weighted by Crippen LogP contribution is -2.24. The van der Waals surface area contributed by atoms with Crippen molar-refractivity contribution in [2.75, 3.05) is 18.6 Å². The van der Waals surface area contributed by atoms with E-state index in [0.29, 0.717) is 32.6 Å². The first-order valence-corrected chi connectivity index (χ1v) is 10.1. The number of amides is 1. The molecule has 0 fully saturated rings. The third kappa shape index (κ3) is 4.50. The van der Waals surface area contributed by atoms with E-state index in [0.717, 1.165) is 0 Å². The van der Waals surface area contributed by atoms with E-state index in [2.05, 4.69) is 0 Å². The van der Waals surface area contributed by atoms with Crippen LogP contribution in [0.1, 0.15) is 29.8 Å². The van der Waals surface area contributed by atoms with E-state index in [9.17, 15) is 14.4 Å². The smallest absolute Gasteiger partial charge is 0.340 e. The summed E-state index contributed by atoms with van der Waals surface area (Å²) in [5.41, 5.74) is 2.05. The van der Waals surface area contributed by atoms with Gasteiger partial charge in [-0.15, -0.1) is 0 Å². The Kier molecular flexibility index (Phi) is 6.83. The summed E-state index contributed by atoms with van der Waals surface area (Å²) in [4.78, 5) is 39.1. The summed E-state index contributed by atoms with van der Waals surface area (Å²) in [6, 6.07) is 11.2. The van der Waals surface area contributed by atoms with Crippen LogP contribution in [0.5, 0.6) is 0 Å². The predicted octanol–water partition coefficient (Wildman–Crippen LogP) is 5.05. The molecule has 0 bridgehead atoms. The standard InChI is InChI=1S/C23H19Cl2NO5/c1-4-31-22(28)14-6-9-17(10-7-14)26-13(2)20(23(29)30-3)18(21(26)27)11-15-5-8-16(24)12-19(15)25/h5-12H,4H2,1-3H3/b18-11-. The molecule has 0 aliphatic carbocycles. The van der Waals surface area contributed by atoms with E-state index < -0.39 is 17.8 Å². The molecular weight excluding hydrogens is 441 g/mol. The fourth-order valence-electron chi connectivity index (χ4n) is 3.23. The van der Waals surface area contributed by atoms with Crippen molar-refractivity contribution < 1.29 is 23.9 Å². The van der Waals surface area contributed by atoms with E-state index in [-0.39, 0.29) is 17.8 Å². The summed E-state index contributed by atoms with van der Waals surface area (Å²) in [5, 5.41) is 0.792. The molecular formula is C23H19Cl2NO5. The summed E-state index contributed by atoms with van der Waals surface area (Å²) in [7, 11) is 1.25. The van der Waals surface area contributed by atoms with Crippen LogP contribution in [0.2, 0.25) is 10.0 Å². The molecule has 3 rings (SSSR count). The average molecular weight is 460 g/mol. The molecule has 8 heteroatoms. The minimum Gasteiger partial charge on any atom is -0.465 e. The number of esters is 2. The Hall–Kier alpha value is -3.09. The molecule has 1 amide bonds. The van der Waals surface area contributed by atoms with Crippen LogP contribution in [-0.2, 0) is 19.1 Å². The van der Waals surface area contributed by atoms with Gasteiger partial charge in [-0.2, -0.15) is 0 Å². The number of benzene rings is 2. The van der Waals surface area contributed by atoms with Crippen molar-refractivity contribution in [1.29, 1.82) is 0 Å². The highest BCUT2D eigenvalue weighted by Gasteiger charge is 2.38. The zero-order chi connectivity index (χ0) is 22.7. The molecule has 2 aromatic rings. The van der Waals surface area contributed by atoms with Crippen molar-refractivity contribution >= 4 is 52.8 Å². The van der Waals surface area contributed by atoms with Gasteiger partial charge in [0.2, 0.25) is 0 Å². The number of rotatable bonds is 5. The lowest BCUT2D eigenvalue weighted by atomic mass is 10.0. The van der Waals surface area contributed by atoms with Crippen molar-refractivity contribution in [3.63, 3.8) is 0 Å². The molecule has 0 saturated carbocycles. The van der Waals surface area contributed by atoms with Gasteiger partial charge in [0.15, 0.2) is 0 Å². The SMILES string of the molecule is CCOC(=O)c1ccc(N2C(=O)/C(=C\c3ccc(Cl)cc3Cl)C(C(=O)OC)=C2C)cc1. The maximum Gasteiger partial charge on any atom is 0.340 e. The van der Waals surface area contributed by atoms with Gasteiger partial charge in [0.1, 0.15) is 0 Å². The second-order valence-corrected chi connectivity index (χ2v) is 7.43. The van der Waals surface area contributed by atoms with Gasteiger partial charge in [0, 0.05) is 21.4 Å². The Morgan fingerprint density at radius 3 is 2.32 bits per heavy atom. The van der Waals surface area contributed by atoms with Crippen LogP contribution in [0.25, 0.3) is 6.08 Å². The number of methoxy groups -OCH3 is 1. The van der Waals surface area contributed by atoms with Crippen LogP contribution in [-0.4, -0.2) is 31.6 Å². The van der Waals surface area contributed by atoms with Gasteiger partial charge < -0.3 is 9.47 Å². The number of allylic oxidation sites excluding steroid dienone is 1. The molecule has 0 radical (unpaired) electrons. The quantitative estimate of drug-likeness (QED) is 0.462. The molecule has 0 aromatic heterocycles. The van der Waals surface area contributed by atoms with Crippen LogP contribution < -0.4 is 4.90 Å². The van der Waals surface area contributed by atoms with Crippen molar-refractivity contribution in [3.05, 3.63) is 80.5 Å². The van der Waals surface area contributed by atoms with Crippen LogP contribution in [0.4, 0.5) is 5.69 Å².